The second-order valence-electron chi connectivity index (χ2n) is 7.52. The van der Waals surface area contributed by atoms with Gasteiger partial charge in [0, 0.05) is 26.2 Å². The highest BCUT2D eigenvalue weighted by Gasteiger charge is 2.23. The van der Waals surface area contributed by atoms with Gasteiger partial charge in [-0.3, -0.25) is 0 Å². The lowest BCUT2D eigenvalue weighted by molar-refractivity contribution is 0.0532. The topological polar surface area (TPSA) is 43.4 Å². The first kappa shape index (κ1) is 18.9. The average molecular weight is 384 g/mol. The Labute approximate surface area is 166 Å². The lowest BCUT2D eigenvalue weighted by atomic mass is 10.2. The SMILES string of the molecule is CN(CCN(C)CC1COc2ccccc2O1)CC1COc2ccccc2O1. The van der Waals surface area contributed by atoms with E-state index < -0.39 is 0 Å². The van der Waals surface area contributed by atoms with Crippen molar-refractivity contribution in [3.05, 3.63) is 48.5 Å². The van der Waals surface area contributed by atoms with Gasteiger partial charge in [0.2, 0.25) is 0 Å². The highest BCUT2D eigenvalue weighted by molar-refractivity contribution is 5.41. The zero-order valence-corrected chi connectivity index (χ0v) is 16.5. The van der Waals surface area contributed by atoms with Gasteiger partial charge in [-0.1, -0.05) is 24.3 Å². The second kappa shape index (κ2) is 8.71. The zero-order valence-electron chi connectivity index (χ0n) is 16.5. The summed E-state index contributed by atoms with van der Waals surface area (Å²) in [5.74, 6) is 3.33. The summed E-state index contributed by atoms with van der Waals surface area (Å²) in [5, 5.41) is 0. The van der Waals surface area contributed by atoms with E-state index in [-0.39, 0.29) is 12.2 Å². The Bertz CT molecular complexity index is 719. The Morgan fingerprint density at radius 3 is 1.50 bits per heavy atom. The summed E-state index contributed by atoms with van der Waals surface area (Å²) >= 11 is 0. The molecule has 0 spiro atoms. The fraction of sp³-hybridized carbons (Fsp3) is 0.455. The van der Waals surface area contributed by atoms with Gasteiger partial charge in [-0.2, -0.15) is 0 Å². The zero-order chi connectivity index (χ0) is 19.3. The minimum absolute atomic E-state index is 0.0526. The molecule has 0 aromatic heterocycles. The lowest BCUT2D eigenvalue weighted by Gasteiger charge is -2.32. The first-order chi connectivity index (χ1) is 13.7. The molecule has 0 saturated heterocycles. The maximum absolute atomic E-state index is 6.05. The van der Waals surface area contributed by atoms with Crippen molar-refractivity contribution in [2.75, 3.05) is 53.5 Å². The van der Waals surface area contributed by atoms with Crippen LogP contribution in [0.4, 0.5) is 0 Å². The van der Waals surface area contributed by atoms with Gasteiger partial charge in [0.15, 0.2) is 23.0 Å². The Morgan fingerprint density at radius 1 is 0.679 bits per heavy atom. The van der Waals surface area contributed by atoms with Crippen LogP contribution < -0.4 is 18.9 Å². The van der Waals surface area contributed by atoms with Crippen LogP contribution in [0.25, 0.3) is 0 Å². The van der Waals surface area contributed by atoms with E-state index in [1.54, 1.807) is 0 Å². The minimum atomic E-state index is 0.0526. The molecule has 2 aliphatic heterocycles. The van der Waals surface area contributed by atoms with Gasteiger partial charge in [0.25, 0.3) is 0 Å². The molecule has 4 rings (SSSR count). The first-order valence-corrected chi connectivity index (χ1v) is 9.81. The third-order valence-corrected chi connectivity index (χ3v) is 5.03. The monoisotopic (exact) mass is 384 g/mol. The smallest absolute Gasteiger partial charge is 0.161 e. The summed E-state index contributed by atoms with van der Waals surface area (Å²) in [6, 6.07) is 15.7. The molecule has 0 fully saturated rings. The molecule has 0 N–H and O–H groups in total. The molecular formula is C22H28N2O4. The van der Waals surface area contributed by atoms with Crippen molar-refractivity contribution in [2.24, 2.45) is 0 Å². The van der Waals surface area contributed by atoms with Crippen molar-refractivity contribution in [3.8, 4) is 23.0 Å². The summed E-state index contributed by atoms with van der Waals surface area (Å²) < 4.78 is 23.7. The number of ether oxygens (including phenoxy) is 4. The first-order valence-electron chi connectivity index (χ1n) is 9.81. The van der Waals surface area contributed by atoms with Crippen LogP contribution in [0.15, 0.2) is 48.5 Å². The summed E-state index contributed by atoms with van der Waals surface area (Å²) in [6.45, 7) is 4.73. The van der Waals surface area contributed by atoms with E-state index in [4.69, 9.17) is 18.9 Å². The molecule has 150 valence electrons. The molecular weight excluding hydrogens is 356 g/mol. The number of nitrogens with zero attached hydrogens (tertiary/aromatic N) is 2. The lowest BCUT2D eigenvalue weighted by Crippen LogP contribution is -2.44. The molecule has 6 heteroatoms. The van der Waals surface area contributed by atoms with Crippen LogP contribution in [0.3, 0.4) is 0 Å². The molecule has 2 aromatic carbocycles. The van der Waals surface area contributed by atoms with Gasteiger partial charge >= 0.3 is 0 Å². The number of likely N-dealkylation sites (N-methyl/N-ethyl adjacent to an activating group) is 2. The van der Waals surface area contributed by atoms with Crippen LogP contribution in [0.1, 0.15) is 0 Å². The highest BCUT2D eigenvalue weighted by Crippen LogP contribution is 2.31. The number of fused-ring (bicyclic) bond motifs is 2. The average Bonchev–Trinajstić information content (AvgIpc) is 2.72. The van der Waals surface area contributed by atoms with E-state index in [1.807, 2.05) is 48.5 Å². The van der Waals surface area contributed by atoms with Crippen LogP contribution in [0.5, 0.6) is 23.0 Å². The quantitative estimate of drug-likeness (QED) is 0.731. The Hall–Kier alpha value is -2.44. The van der Waals surface area contributed by atoms with Crippen LogP contribution in [0.2, 0.25) is 0 Å². The summed E-state index contributed by atoms with van der Waals surface area (Å²) in [5.41, 5.74) is 0. The normalized spacial score (nSPS) is 20.4. The summed E-state index contributed by atoms with van der Waals surface area (Å²) in [7, 11) is 4.24. The number of hydrogen-bond acceptors (Lipinski definition) is 6. The third-order valence-electron chi connectivity index (χ3n) is 5.03. The van der Waals surface area contributed by atoms with E-state index in [0.29, 0.717) is 13.2 Å². The van der Waals surface area contributed by atoms with Crippen LogP contribution in [-0.4, -0.2) is 75.5 Å². The molecule has 0 aliphatic carbocycles. The summed E-state index contributed by atoms with van der Waals surface area (Å²) in [4.78, 5) is 4.57. The Kier molecular flexibility index (Phi) is 5.88. The minimum Gasteiger partial charge on any atom is -0.486 e. The van der Waals surface area contributed by atoms with Gasteiger partial charge in [0.1, 0.15) is 25.4 Å². The molecule has 28 heavy (non-hydrogen) atoms. The third kappa shape index (κ3) is 4.69. The van der Waals surface area contributed by atoms with Gasteiger partial charge < -0.3 is 28.7 Å². The van der Waals surface area contributed by atoms with Gasteiger partial charge in [-0.05, 0) is 38.4 Å². The largest absolute Gasteiger partial charge is 0.486 e. The number of benzene rings is 2. The number of rotatable bonds is 7. The number of hydrogen-bond donors (Lipinski definition) is 0. The van der Waals surface area contributed by atoms with Crippen LogP contribution >= 0.6 is 0 Å². The van der Waals surface area contributed by atoms with Crippen molar-refractivity contribution >= 4 is 0 Å². The number of para-hydroxylation sites is 4. The van der Waals surface area contributed by atoms with E-state index >= 15 is 0 Å². The van der Waals surface area contributed by atoms with Crippen LogP contribution in [-0.2, 0) is 0 Å². The molecule has 0 amide bonds. The summed E-state index contributed by atoms with van der Waals surface area (Å²) in [6.07, 6.45) is 0.105. The standard InChI is InChI=1S/C22H28N2O4/c1-23(13-17-15-25-19-7-3-5-9-21(19)27-17)11-12-24(2)14-18-16-26-20-8-4-6-10-22(20)28-18/h3-10,17-18H,11-16H2,1-2H3. The van der Waals surface area contributed by atoms with Crippen molar-refractivity contribution in [1.82, 2.24) is 9.80 Å². The fourth-order valence-electron chi connectivity index (χ4n) is 3.53. The van der Waals surface area contributed by atoms with Crippen molar-refractivity contribution in [2.45, 2.75) is 12.2 Å². The molecule has 2 aromatic rings. The van der Waals surface area contributed by atoms with Gasteiger partial charge in [-0.15, -0.1) is 0 Å². The van der Waals surface area contributed by atoms with Crippen molar-refractivity contribution in [1.29, 1.82) is 0 Å². The van der Waals surface area contributed by atoms with E-state index in [1.165, 1.54) is 0 Å². The van der Waals surface area contributed by atoms with Gasteiger partial charge in [-0.25, -0.2) is 0 Å². The molecule has 0 bridgehead atoms. The maximum atomic E-state index is 6.05. The van der Waals surface area contributed by atoms with Gasteiger partial charge in [0.05, 0.1) is 0 Å². The second-order valence-corrected chi connectivity index (χ2v) is 7.52. The molecule has 2 aliphatic rings. The molecule has 0 saturated carbocycles. The van der Waals surface area contributed by atoms with Crippen molar-refractivity contribution in [3.63, 3.8) is 0 Å². The predicted octanol–water partition coefficient (Wildman–Crippen LogP) is 2.53. The molecule has 2 heterocycles. The van der Waals surface area contributed by atoms with E-state index in [9.17, 15) is 0 Å². The molecule has 6 nitrogen and oxygen atoms in total. The Balaban J connectivity index is 1.18. The van der Waals surface area contributed by atoms with E-state index in [0.717, 1.165) is 49.2 Å². The van der Waals surface area contributed by atoms with Crippen LogP contribution in [0, 0.1) is 0 Å². The van der Waals surface area contributed by atoms with Crippen molar-refractivity contribution < 1.29 is 18.9 Å². The maximum Gasteiger partial charge on any atom is 0.161 e. The highest BCUT2D eigenvalue weighted by atomic mass is 16.6. The van der Waals surface area contributed by atoms with E-state index in [2.05, 4.69) is 23.9 Å². The fourth-order valence-corrected chi connectivity index (χ4v) is 3.53. The molecule has 2 unspecified atom stereocenters. The molecule has 2 atom stereocenters. The predicted molar refractivity (Wildman–Crippen MR) is 108 cm³/mol. The Morgan fingerprint density at radius 2 is 1.07 bits per heavy atom. The molecule has 0 radical (unpaired) electrons.